The molecule has 1 heterocycles. The van der Waals surface area contributed by atoms with Gasteiger partial charge in [0, 0.05) is 0 Å². The lowest BCUT2D eigenvalue weighted by Crippen LogP contribution is -2.33. The Morgan fingerprint density at radius 1 is 0.909 bits per heavy atom. The highest BCUT2D eigenvalue weighted by Gasteiger charge is 2.41. The average molecular weight is 443 g/mol. The van der Waals surface area contributed by atoms with Gasteiger partial charge in [-0.1, -0.05) is 42.0 Å². The molecule has 0 saturated heterocycles. The summed E-state index contributed by atoms with van der Waals surface area (Å²) in [6.07, 6.45) is 0. The SMILES string of the molecule is CCOc1ccc(C2=C(Nc3ccccc3OC)C(=O)N(c3ccc(C)cc3C)C2=O)cc1. The fourth-order valence-electron chi connectivity index (χ4n) is 3.96. The van der Waals surface area contributed by atoms with Crippen LogP contribution in [-0.2, 0) is 9.59 Å². The summed E-state index contributed by atoms with van der Waals surface area (Å²) in [6, 6.07) is 20.1. The first kappa shape index (κ1) is 22.1. The first-order valence-corrected chi connectivity index (χ1v) is 10.8. The van der Waals surface area contributed by atoms with Crippen molar-refractivity contribution in [1.29, 1.82) is 0 Å². The van der Waals surface area contributed by atoms with Crippen LogP contribution in [0.4, 0.5) is 11.4 Å². The van der Waals surface area contributed by atoms with E-state index < -0.39 is 5.91 Å². The molecule has 0 atom stereocenters. The second-order valence-electron chi connectivity index (χ2n) is 7.77. The molecule has 2 amide bonds. The molecule has 1 aliphatic heterocycles. The Hall–Kier alpha value is -4.06. The van der Waals surface area contributed by atoms with Crippen molar-refractivity contribution >= 4 is 28.8 Å². The number of rotatable bonds is 7. The van der Waals surface area contributed by atoms with E-state index in [1.54, 1.807) is 43.5 Å². The summed E-state index contributed by atoms with van der Waals surface area (Å²) in [7, 11) is 1.56. The van der Waals surface area contributed by atoms with Gasteiger partial charge in [0.05, 0.1) is 30.7 Å². The van der Waals surface area contributed by atoms with Crippen LogP contribution in [0.1, 0.15) is 23.6 Å². The predicted octanol–water partition coefficient (Wildman–Crippen LogP) is 5.11. The van der Waals surface area contributed by atoms with Crippen molar-refractivity contribution in [3.63, 3.8) is 0 Å². The highest BCUT2D eigenvalue weighted by atomic mass is 16.5. The number of nitrogens with zero attached hydrogens (tertiary/aromatic N) is 1. The number of hydrogen-bond donors (Lipinski definition) is 1. The lowest BCUT2D eigenvalue weighted by molar-refractivity contribution is -0.120. The molecule has 3 aromatic carbocycles. The van der Waals surface area contributed by atoms with Crippen LogP contribution in [0, 0.1) is 13.8 Å². The second kappa shape index (κ2) is 9.20. The molecule has 0 spiro atoms. The van der Waals surface area contributed by atoms with Crippen LogP contribution < -0.4 is 19.7 Å². The molecule has 0 saturated carbocycles. The summed E-state index contributed by atoms with van der Waals surface area (Å²) in [5, 5.41) is 3.17. The minimum atomic E-state index is -0.415. The Bertz CT molecular complexity index is 1250. The molecule has 0 unspecified atom stereocenters. The number of imide groups is 1. The maximum Gasteiger partial charge on any atom is 0.282 e. The van der Waals surface area contributed by atoms with Gasteiger partial charge in [-0.2, -0.15) is 0 Å². The number of methoxy groups -OCH3 is 1. The van der Waals surface area contributed by atoms with Gasteiger partial charge in [-0.3, -0.25) is 9.59 Å². The number of ether oxygens (including phenoxy) is 2. The molecule has 3 aromatic rings. The number of nitrogens with one attached hydrogen (secondary N) is 1. The van der Waals surface area contributed by atoms with E-state index in [4.69, 9.17) is 9.47 Å². The zero-order valence-electron chi connectivity index (χ0n) is 19.1. The molecule has 0 aliphatic carbocycles. The normalized spacial score (nSPS) is 13.5. The van der Waals surface area contributed by atoms with Gasteiger partial charge in [-0.05, 0) is 62.2 Å². The maximum absolute atomic E-state index is 13.7. The van der Waals surface area contributed by atoms with Crippen molar-refractivity contribution < 1.29 is 19.1 Å². The summed E-state index contributed by atoms with van der Waals surface area (Å²) < 4.78 is 11.0. The third kappa shape index (κ3) is 4.20. The summed E-state index contributed by atoms with van der Waals surface area (Å²) in [5.74, 6) is 0.473. The number of anilines is 2. The van der Waals surface area contributed by atoms with E-state index in [9.17, 15) is 9.59 Å². The molecule has 168 valence electrons. The van der Waals surface area contributed by atoms with Gasteiger partial charge in [-0.15, -0.1) is 0 Å². The molecule has 0 aromatic heterocycles. The van der Waals surface area contributed by atoms with Gasteiger partial charge >= 0.3 is 0 Å². The third-order valence-electron chi connectivity index (χ3n) is 5.50. The topological polar surface area (TPSA) is 67.9 Å². The van der Waals surface area contributed by atoms with Crippen molar-refractivity contribution in [2.24, 2.45) is 0 Å². The monoisotopic (exact) mass is 442 g/mol. The van der Waals surface area contributed by atoms with E-state index in [0.29, 0.717) is 40.6 Å². The summed E-state index contributed by atoms with van der Waals surface area (Å²) in [6.45, 7) is 6.32. The number of benzene rings is 3. The van der Waals surface area contributed by atoms with E-state index in [1.165, 1.54) is 4.90 Å². The number of amides is 2. The number of hydrogen-bond acceptors (Lipinski definition) is 5. The number of para-hydroxylation sites is 2. The molecule has 0 fully saturated rings. The first-order chi connectivity index (χ1) is 15.9. The van der Waals surface area contributed by atoms with Crippen LogP contribution in [0.2, 0.25) is 0 Å². The fraction of sp³-hybridized carbons (Fsp3) is 0.185. The fourth-order valence-corrected chi connectivity index (χ4v) is 3.96. The average Bonchev–Trinajstić information content (AvgIpc) is 3.04. The minimum Gasteiger partial charge on any atom is -0.495 e. The zero-order valence-corrected chi connectivity index (χ0v) is 19.1. The van der Waals surface area contributed by atoms with Crippen molar-refractivity contribution in [3.8, 4) is 11.5 Å². The number of aryl methyl sites for hydroxylation is 2. The highest BCUT2D eigenvalue weighted by Crippen LogP contribution is 2.37. The van der Waals surface area contributed by atoms with E-state index in [1.807, 2.05) is 51.1 Å². The van der Waals surface area contributed by atoms with E-state index in [-0.39, 0.29) is 11.6 Å². The Morgan fingerprint density at radius 3 is 2.30 bits per heavy atom. The van der Waals surface area contributed by atoms with Gasteiger partial charge in [0.15, 0.2) is 0 Å². The summed E-state index contributed by atoms with van der Waals surface area (Å²) in [5.41, 5.74) is 4.20. The van der Waals surface area contributed by atoms with Gasteiger partial charge in [0.1, 0.15) is 17.2 Å². The number of carbonyl (C=O) groups is 2. The Balaban J connectivity index is 1.83. The van der Waals surface area contributed by atoms with Crippen LogP contribution >= 0.6 is 0 Å². The van der Waals surface area contributed by atoms with E-state index in [0.717, 1.165) is 11.1 Å². The largest absolute Gasteiger partial charge is 0.495 e. The van der Waals surface area contributed by atoms with E-state index >= 15 is 0 Å². The van der Waals surface area contributed by atoms with Gasteiger partial charge in [0.25, 0.3) is 11.8 Å². The molecule has 6 heteroatoms. The van der Waals surface area contributed by atoms with Gasteiger partial charge in [0.2, 0.25) is 0 Å². The van der Waals surface area contributed by atoms with Gasteiger partial charge < -0.3 is 14.8 Å². The summed E-state index contributed by atoms with van der Waals surface area (Å²) >= 11 is 0. The van der Waals surface area contributed by atoms with Crippen molar-refractivity contribution in [1.82, 2.24) is 0 Å². The minimum absolute atomic E-state index is 0.202. The third-order valence-corrected chi connectivity index (χ3v) is 5.50. The Labute approximate surface area is 193 Å². The van der Waals surface area contributed by atoms with Crippen LogP contribution in [0.15, 0.2) is 72.4 Å². The standard InChI is InChI=1S/C27H26N2O4/c1-5-33-20-13-11-19(12-14-20)24-25(28-21-8-6-7-9-23(21)32-4)27(31)29(26(24)30)22-15-10-17(2)16-18(22)3/h6-16,28H,5H2,1-4H3. The molecule has 1 aliphatic rings. The molecule has 4 rings (SSSR count). The summed E-state index contributed by atoms with van der Waals surface area (Å²) in [4.78, 5) is 28.5. The number of carbonyl (C=O) groups excluding carboxylic acids is 2. The van der Waals surface area contributed by atoms with E-state index in [2.05, 4.69) is 5.32 Å². The lowest BCUT2D eigenvalue weighted by atomic mass is 10.0. The molecule has 0 radical (unpaired) electrons. The Kier molecular flexibility index (Phi) is 6.18. The molecule has 1 N–H and O–H groups in total. The molecular weight excluding hydrogens is 416 g/mol. The van der Waals surface area contributed by atoms with Crippen molar-refractivity contribution in [2.75, 3.05) is 23.9 Å². The van der Waals surface area contributed by atoms with Crippen LogP contribution in [-0.4, -0.2) is 25.5 Å². The quantitative estimate of drug-likeness (QED) is 0.515. The van der Waals surface area contributed by atoms with Crippen molar-refractivity contribution in [2.45, 2.75) is 20.8 Å². The molecular formula is C27H26N2O4. The van der Waals surface area contributed by atoms with Crippen LogP contribution in [0.3, 0.4) is 0 Å². The molecule has 0 bridgehead atoms. The van der Waals surface area contributed by atoms with Crippen molar-refractivity contribution in [3.05, 3.63) is 89.1 Å². The molecule has 6 nitrogen and oxygen atoms in total. The molecule has 33 heavy (non-hydrogen) atoms. The highest BCUT2D eigenvalue weighted by molar-refractivity contribution is 6.46. The maximum atomic E-state index is 13.7. The van der Waals surface area contributed by atoms with Crippen LogP contribution in [0.5, 0.6) is 11.5 Å². The lowest BCUT2D eigenvalue weighted by Gasteiger charge is -2.18. The Morgan fingerprint density at radius 2 is 1.64 bits per heavy atom. The predicted molar refractivity (Wildman–Crippen MR) is 130 cm³/mol. The first-order valence-electron chi connectivity index (χ1n) is 10.8. The van der Waals surface area contributed by atoms with Gasteiger partial charge in [-0.25, -0.2) is 4.90 Å². The van der Waals surface area contributed by atoms with Crippen LogP contribution in [0.25, 0.3) is 5.57 Å². The second-order valence-corrected chi connectivity index (χ2v) is 7.77. The smallest absolute Gasteiger partial charge is 0.282 e. The zero-order chi connectivity index (χ0) is 23.5.